The summed E-state index contributed by atoms with van der Waals surface area (Å²) in [4.78, 5) is -0.0781. The van der Waals surface area contributed by atoms with E-state index < -0.39 is 44.8 Å². The van der Waals surface area contributed by atoms with Crippen LogP contribution in [0.25, 0.3) is 0 Å². The predicted molar refractivity (Wildman–Crippen MR) is 112 cm³/mol. The van der Waals surface area contributed by atoms with Crippen LogP contribution in [0.15, 0.2) is 58.3 Å². The van der Waals surface area contributed by atoms with Gasteiger partial charge in [0.25, 0.3) is 20.2 Å². The molecule has 2 aromatic rings. The van der Waals surface area contributed by atoms with E-state index in [4.69, 9.17) is 17.8 Å². The van der Waals surface area contributed by atoms with Crippen LogP contribution in [0.3, 0.4) is 0 Å². The first-order valence-corrected chi connectivity index (χ1v) is 12.5. The number of hydrogen-bond donors (Lipinski definition) is 0. The van der Waals surface area contributed by atoms with Crippen LogP contribution in [-0.4, -0.2) is 48.5 Å². The van der Waals surface area contributed by atoms with Crippen molar-refractivity contribution in [1.29, 1.82) is 0 Å². The fourth-order valence-corrected chi connectivity index (χ4v) is 5.46. The second-order valence-electron chi connectivity index (χ2n) is 7.47. The van der Waals surface area contributed by atoms with Crippen LogP contribution in [0.5, 0.6) is 0 Å². The van der Waals surface area contributed by atoms with Gasteiger partial charge in [0.05, 0.1) is 15.9 Å². The molecular formula is C21H26O8S2. The molecule has 1 fully saturated rings. The molecule has 1 saturated heterocycles. The van der Waals surface area contributed by atoms with E-state index in [0.717, 1.165) is 11.1 Å². The lowest BCUT2D eigenvalue weighted by atomic mass is 10.0. The van der Waals surface area contributed by atoms with E-state index in [1.54, 1.807) is 31.2 Å². The molecule has 4 atom stereocenters. The molecule has 1 aliphatic rings. The number of rotatable bonds is 7. The Kier molecular flexibility index (Phi) is 7.19. The maximum atomic E-state index is 12.8. The third-order valence-electron chi connectivity index (χ3n) is 4.99. The first-order valence-electron chi connectivity index (χ1n) is 9.70. The maximum absolute atomic E-state index is 12.8. The molecule has 1 aliphatic heterocycles. The molecule has 3 rings (SSSR count). The van der Waals surface area contributed by atoms with Gasteiger partial charge in [0.1, 0.15) is 12.2 Å². The van der Waals surface area contributed by atoms with Gasteiger partial charge in [-0.05, 0) is 45.0 Å². The molecule has 0 bridgehead atoms. The summed E-state index contributed by atoms with van der Waals surface area (Å²) < 4.78 is 73.0. The Hall–Kier alpha value is -1.82. The van der Waals surface area contributed by atoms with E-state index >= 15 is 0 Å². The van der Waals surface area contributed by atoms with E-state index in [9.17, 15) is 16.8 Å². The summed E-state index contributed by atoms with van der Waals surface area (Å²) in [5.41, 5.74) is 1.78. The van der Waals surface area contributed by atoms with Crippen LogP contribution in [0, 0.1) is 13.8 Å². The zero-order chi connectivity index (χ0) is 22.8. The standard InChI is InChI=1S/C21H26O8S2/c1-14-5-9-17(10-6-14)30(22,23)28-19-13-20(26-4)27-16(3)21(19)29-31(24,25)18-11-7-15(2)8-12-18/h5-12,16,19-21H,13H2,1-4H3/t16-,19-,20+,21-/m0/s1. The van der Waals surface area contributed by atoms with Crippen molar-refractivity contribution in [3.63, 3.8) is 0 Å². The van der Waals surface area contributed by atoms with Crippen molar-refractivity contribution in [3.05, 3.63) is 59.7 Å². The summed E-state index contributed by atoms with van der Waals surface area (Å²) in [6.45, 7) is 5.24. The first kappa shape index (κ1) is 23.8. The minimum atomic E-state index is -4.19. The number of hydrogen-bond acceptors (Lipinski definition) is 8. The molecule has 0 aromatic heterocycles. The smallest absolute Gasteiger partial charge is 0.297 e. The minimum Gasteiger partial charge on any atom is -0.356 e. The lowest BCUT2D eigenvalue weighted by Gasteiger charge is -2.38. The highest BCUT2D eigenvalue weighted by molar-refractivity contribution is 7.87. The Morgan fingerprint density at radius 1 is 0.806 bits per heavy atom. The predicted octanol–water partition coefficient (Wildman–Crippen LogP) is 2.93. The fraction of sp³-hybridized carbons (Fsp3) is 0.429. The van der Waals surface area contributed by atoms with Crippen molar-refractivity contribution >= 4 is 20.2 Å². The van der Waals surface area contributed by atoms with E-state index in [1.165, 1.54) is 31.4 Å². The third-order valence-corrected chi connectivity index (χ3v) is 7.67. The minimum absolute atomic E-state index is 0.0278. The van der Waals surface area contributed by atoms with Gasteiger partial charge in [0, 0.05) is 13.5 Å². The molecule has 2 aromatic carbocycles. The van der Waals surface area contributed by atoms with Gasteiger partial charge in [-0.1, -0.05) is 35.4 Å². The number of ether oxygens (including phenoxy) is 2. The number of aryl methyl sites for hydroxylation is 2. The second-order valence-corrected chi connectivity index (χ2v) is 10.6. The average molecular weight is 471 g/mol. The van der Waals surface area contributed by atoms with Crippen molar-refractivity contribution in [2.75, 3.05) is 7.11 Å². The van der Waals surface area contributed by atoms with Gasteiger partial charge in [-0.25, -0.2) is 0 Å². The monoisotopic (exact) mass is 470 g/mol. The van der Waals surface area contributed by atoms with Crippen LogP contribution in [-0.2, 0) is 38.1 Å². The van der Waals surface area contributed by atoms with Crippen LogP contribution >= 0.6 is 0 Å². The van der Waals surface area contributed by atoms with Crippen LogP contribution < -0.4 is 0 Å². The lowest BCUT2D eigenvalue weighted by Crippen LogP contribution is -2.51. The summed E-state index contributed by atoms with van der Waals surface area (Å²) in [5, 5.41) is 0. The van der Waals surface area contributed by atoms with Gasteiger partial charge < -0.3 is 9.47 Å². The van der Waals surface area contributed by atoms with Crippen LogP contribution in [0.4, 0.5) is 0 Å². The Bertz CT molecular complexity index is 1090. The van der Waals surface area contributed by atoms with E-state index in [1.807, 2.05) is 13.8 Å². The zero-order valence-corrected chi connectivity index (χ0v) is 19.4. The molecule has 10 heteroatoms. The van der Waals surface area contributed by atoms with E-state index in [0.29, 0.717) is 0 Å². The maximum Gasteiger partial charge on any atom is 0.297 e. The summed E-state index contributed by atoms with van der Waals surface area (Å²) in [6.07, 6.45) is -3.94. The molecule has 0 radical (unpaired) electrons. The summed E-state index contributed by atoms with van der Waals surface area (Å²) >= 11 is 0. The molecule has 0 spiro atoms. The molecule has 0 amide bonds. The van der Waals surface area contributed by atoms with Crippen molar-refractivity contribution in [2.45, 2.75) is 61.6 Å². The summed E-state index contributed by atoms with van der Waals surface area (Å²) in [5.74, 6) is 0. The van der Waals surface area contributed by atoms with Gasteiger partial charge >= 0.3 is 0 Å². The molecule has 0 unspecified atom stereocenters. The van der Waals surface area contributed by atoms with Crippen molar-refractivity contribution < 1.29 is 34.7 Å². The summed E-state index contributed by atoms with van der Waals surface area (Å²) in [6, 6.07) is 12.3. The average Bonchev–Trinajstić information content (AvgIpc) is 2.70. The lowest BCUT2D eigenvalue weighted by molar-refractivity contribution is -0.226. The van der Waals surface area contributed by atoms with Crippen molar-refractivity contribution in [1.82, 2.24) is 0 Å². The number of benzene rings is 2. The molecular weight excluding hydrogens is 444 g/mol. The molecule has 170 valence electrons. The highest BCUT2D eigenvalue weighted by atomic mass is 32.2. The SMILES string of the molecule is CO[C@H]1C[C@H](OS(=O)(=O)c2ccc(C)cc2)[C@@H](OS(=O)(=O)c2ccc(C)cc2)[C@H](C)O1. The molecule has 0 saturated carbocycles. The molecule has 0 aliphatic carbocycles. The third kappa shape index (κ3) is 5.71. The van der Waals surface area contributed by atoms with Gasteiger partial charge in [-0.3, -0.25) is 8.37 Å². The van der Waals surface area contributed by atoms with E-state index in [-0.39, 0.29) is 16.2 Å². The van der Waals surface area contributed by atoms with Gasteiger partial charge in [0.15, 0.2) is 6.29 Å². The van der Waals surface area contributed by atoms with Crippen LogP contribution in [0.2, 0.25) is 0 Å². The van der Waals surface area contributed by atoms with Crippen LogP contribution in [0.1, 0.15) is 24.5 Å². The number of methoxy groups -OCH3 is 1. The van der Waals surface area contributed by atoms with Gasteiger partial charge in [0.2, 0.25) is 0 Å². The Morgan fingerprint density at radius 2 is 1.26 bits per heavy atom. The van der Waals surface area contributed by atoms with Gasteiger partial charge in [-0.15, -0.1) is 0 Å². The van der Waals surface area contributed by atoms with Gasteiger partial charge in [-0.2, -0.15) is 16.8 Å². The largest absolute Gasteiger partial charge is 0.356 e. The second kappa shape index (κ2) is 9.35. The topological polar surface area (TPSA) is 105 Å². The highest BCUT2D eigenvalue weighted by Crippen LogP contribution is 2.31. The summed E-state index contributed by atoms with van der Waals surface area (Å²) in [7, 11) is -6.95. The molecule has 1 heterocycles. The van der Waals surface area contributed by atoms with E-state index in [2.05, 4.69) is 0 Å². The Morgan fingerprint density at radius 3 is 1.71 bits per heavy atom. The molecule has 0 N–H and O–H groups in total. The molecule has 31 heavy (non-hydrogen) atoms. The Balaban J connectivity index is 1.89. The quantitative estimate of drug-likeness (QED) is 0.569. The normalized spacial score (nSPS) is 24.8. The first-order chi connectivity index (χ1) is 14.5. The highest BCUT2D eigenvalue weighted by Gasteiger charge is 2.43. The van der Waals surface area contributed by atoms with Crippen molar-refractivity contribution in [2.24, 2.45) is 0 Å². The van der Waals surface area contributed by atoms with Crippen molar-refractivity contribution in [3.8, 4) is 0 Å². The zero-order valence-electron chi connectivity index (χ0n) is 17.7. The fourth-order valence-electron chi connectivity index (χ4n) is 3.21. The molecule has 8 nitrogen and oxygen atoms in total. The Labute approximate surface area is 183 Å².